The van der Waals surface area contributed by atoms with E-state index in [0.717, 1.165) is 29.2 Å². The van der Waals surface area contributed by atoms with Crippen LogP contribution in [0.25, 0.3) is 5.57 Å². The highest BCUT2D eigenvalue weighted by atomic mass is 79.9. The van der Waals surface area contributed by atoms with E-state index >= 15 is 0 Å². The van der Waals surface area contributed by atoms with Crippen molar-refractivity contribution < 1.29 is 4.74 Å². The molecule has 1 N–H and O–H groups in total. The van der Waals surface area contributed by atoms with Gasteiger partial charge < -0.3 is 10.1 Å². The summed E-state index contributed by atoms with van der Waals surface area (Å²) >= 11 is 3.39. The molecule has 2 aliphatic rings. The van der Waals surface area contributed by atoms with Gasteiger partial charge in [-0.1, -0.05) is 6.08 Å². The number of rotatable bonds is 2. The number of hydrogen-bond acceptors (Lipinski definition) is 3. The number of methoxy groups -OCH3 is 1. The van der Waals surface area contributed by atoms with Gasteiger partial charge in [-0.15, -0.1) is 0 Å². The molecule has 1 saturated heterocycles. The van der Waals surface area contributed by atoms with Crippen molar-refractivity contribution in [2.75, 3.05) is 13.7 Å². The maximum atomic E-state index is 5.31. The van der Waals surface area contributed by atoms with Gasteiger partial charge in [-0.25, -0.2) is 4.98 Å². The van der Waals surface area contributed by atoms with Crippen molar-refractivity contribution in [1.82, 2.24) is 10.3 Å². The van der Waals surface area contributed by atoms with Crippen LogP contribution >= 0.6 is 15.9 Å². The van der Waals surface area contributed by atoms with E-state index in [-0.39, 0.29) is 0 Å². The second kappa shape index (κ2) is 5.02. The van der Waals surface area contributed by atoms with E-state index in [1.165, 1.54) is 24.0 Å². The van der Waals surface area contributed by atoms with Crippen LogP contribution in [0.15, 0.2) is 22.9 Å². The third-order valence-electron chi connectivity index (χ3n) is 3.97. The summed E-state index contributed by atoms with van der Waals surface area (Å²) in [4.78, 5) is 4.34. The van der Waals surface area contributed by atoms with Gasteiger partial charge in [-0.3, -0.25) is 0 Å². The fraction of sp³-hybridized carbons (Fsp3) is 0.500. The number of nitrogens with zero attached hydrogens (tertiary/aromatic N) is 1. The van der Waals surface area contributed by atoms with Crippen molar-refractivity contribution in [3.05, 3.63) is 28.5 Å². The molecule has 0 radical (unpaired) electrons. The SMILES string of the molecule is COc1cc(C2=CC3NCCC3CC2)cnc1Br. The first kappa shape index (κ1) is 12.2. The summed E-state index contributed by atoms with van der Waals surface area (Å²) in [6, 6.07) is 2.63. The summed E-state index contributed by atoms with van der Waals surface area (Å²) in [5.41, 5.74) is 2.58. The Labute approximate surface area is 116 Å². The molecule has 1 aliphatic heterocycles. The summed E-state index contributed by atoms with van der Waals surface area (Å²) in [6.07, 6.45) is 8.05. The van der Waals surface area contributed by atoms with Crippen molar-refractivity contribution in [1.29, 1.82) is 0 Å². The van der Waals surface area contributed by atoms with E-state index in [1.54, 1.807) is 7.11 Å². The van der Waals surface area contributed by atoms with Crippen molar-refractivity contribution >= 4 is 21.5 Å². The molecule has 0 spiro atoms. The van der Waals surface area contributed by atoms with Crippen LogP contribution in [-0.2, 0) is 0 Å². The molecule has 3 rings (SSSR count). The van der Waals surface area contributed by atoms with Gasteiger partial charge in [0.2, 0.25) is 0 Å². The lowest BCUT2D eigenvalue weighted by atomic mass is 9.84. The Morgan fingerprint density at radius 1 is 1.44 bits per heavy atom. The van der Waals surface area contributed by atoms with E-state index in [0.29, 0.717) is 6.04 Å². The van der Waals surface area contributed by atoms with Crippen LogP contribution < -0.4 is 10.1 Å². The topological polar surface area (TPSA) is 34.1 Å². The maximum absolute atomic E-state index is 5.31. The maximum Gasteiger partial charge on any atom is 0.152 e. The second-order valence-corrected chi connectivity index (χ2v) is 5.73. The third kappa shape index (κ3) is 2.19. The Kier molecular flexibility index (Phi) is 3.39. The first-order valence-electron chi connectivity index (χ1n) is 6.42. The third-order valence-corrected chi connectivity index (χ3v) is 4.56. The summed E-state index contributed by atoms with van der Waals surface area (Å²) < 4.78 is 6.08. The monoisotopic (exact) mass is 308 g/mol. The summed E-state index contributed by atoms with van der Waals surface area (Å²) in [7, 11) is 1.68. The number of allylic oxidation sites excluding steroid dienone is 1. The average molecular weight is 309 g/mol. The lowest BCUT2D eigenvalue weighted by Gasteiger charge is -2.24. The normalized spacial score (nSPS) is 26.7. The number of halogens is 1. The molecule has 1 aromatic rings. The molecule has 96 valence electrons. The van der Waals surface area contributed by atoms with Gasteiger partial charge in [0.05, 0.1) is 7.11 Å². The molecule has 2 unspecified atom stereocenters. The predicted octanol–water partition coefficient (Wildman–Crippen LogP) is 3.01. The van der Waals surface area contributed by atoms with Crippen LogP contribution in [0.2, 0.25) is 0 Å². The van der Waals surface area contributed by atoms with Crippen LogP contribution in [0.4, 0.5) is 0 Å². The molecular weight excluding hydrogens is 292 g/mol. The van der Waals surface area contributed by atoms with Crippen molar-refractivity contribution in [3.8, 4) is 5.75 Å². The second-order valence-electron chi connectivity index (χ2n) is 4.98. The van der Waals surface area contributed by atoms with Gasteiger partial charge in [0.1, 0.15) is 4.60 Å². The molecular formula is C14H17BrN2O. The number of hydrogen-bond donors (Lipinski definition) is 1. The van der Waals surface area contributed by atoms with Gasteiger partial charge >= 0.3 is 0 Å². The Balaban J connectivity index is 1.90. The molecule has 4 heteroatoms. The zero-order chi connectivity index (χ0) is 12.5. The smallest absolute Gasteiger partial charge is 0.152 e. The summed E-state index contributed by atoms with van der Waals surface area (Å²) in [6.45, 7) is 1.15. The molecule has 0 saturated carbocycles. The summed E-state index contributed by atoms with van der Waals surface area (Å²) in [5.74, 6) is 1.63. The molecule has 0 amide bonds. The molecule has 1 aliphatic carbocycles. The van der Waals surface area contributed by atoms with E-state index in [4.69, 9.17) is 4.74 Å². The van der Waals surface area contributed by atoms with Crippen LogP contribution in [0.5, 0.6) is 5.75 Å². The lowest BCUT2D eigenvalue weighted by molar-refractivity contribution is 0.409. The highest BCUT2D eigenvalue weighted by Crippen LogP contribution is 2.35. The van der Waals surface area contributed by atoms with Gasteiger partial charge in [0.25, 0.3) is 0 Å². The Morgan fingerprint density at radius 2 is 2.33 bits per heavy atom. The van der Waals surface area contributed by atoms with Gasteiger partial charge in [0, 0.05) is 12.2 Å². The zero-order valence-corrected chi connectivity index (χ0v) is 12.0. The number of aromatic nitrogens is 1. The minimum Gasteiger partial charge on any atom is -0.494 e. The molecule has 3 nitrogen and oxygen atoms in total. The molecule has 2 atom stereocenters. The lowest BCUT2D eigenvalue weighted by Crippen LogP contribution is -2.27. The first-order chi connectivity index (χ1) is 8.78. The van der Waals surface area contributed by atoms with Gasteiger partial charge in [-0.05, 0) is 64.9 Å². The molecule has 1 aromatic heterocycles. The van der Waals surface area contributed by atoms with Crippen molar-refractivity contribution in [2.24, 2.45) is 5.92 Å². The Bertz CT molecular complexity index is 487. The Morgan fingerprint density at radius 3 is 3.17 bits per heavy atom. The molecule has 18 heavy (non-hydrogen) atoms. The first-order valence-corrected chi connectivity index (χ1v) is 7.21. The molecule has 2 heterocycles. The molecule has 0 bridgehead atoms. The number of fused-ring (bicyclic) bond motifs is 1. The minimum atomic E-state index is 0.559. The zero-order valence-electron chi connectivity index (χ0n) is 10.4. The minimum absolute atomic E-state index is 0.559. The number of nitrogens with one attached hydrogen (secondary N) is 1. The molecule has 1 fully saturated rings. The predicted molar refractivity (Wildman–Crippen MR) is 75.6 cm³/mol. The van der Waals surface area contributed by atoms with Gasteiger partial charge in [-0.2, -0.15) is 0 Å². The number of ether oxygens (including phenoxy) is 1. The highest BCUT2D eigenvalue weighted by Gasteiger charge is 2.29. The largest absolute Gasteiger partial charge is 0.494 e. The fourth-order valence-electron chi connectivity index (χ4n) is 2.93. The van der Waals surface area contributed by atoms with Crippen LogP contribution in [-0.4, -0.2) is 24.7 Å². The van der Waals surface area contributed by atoms with E-state index in [9.17, 15) is 0 Å². The molecule has 0 aromatic carbocycles. The van der Waals surface area contributed by atoms with E-state index in [2.05, 4.69) is 38.4 Å². The van der Waals surface area contributed by atoms with Crippen LogP contribution in [0.3, 0.4) is 0 Å². The van der Waals surface area contributed by atoms with E-state index in [1.807, 2.05) is 6.20 Å². The van der Waals surface area contributed by atoms with Crippen LogP contribution in [0, 0.1) is 5.92 Å². The van der Waals surface area contributed by atoms with Crippen molar-refractivity contribution in [2.45, 2.75) is 25.3 Å². The van der Waals surface area contributed by atoms with Gasteiger partial charge in [0.15, 0.2) is 5.75 Å². The summed E-state index contributed by atoms with van der Waals surface area (Å²) in [5, 5.41) is 3.56. The average Bonchev–Trinajstić information content (AvgIpc) is 2.86. The van der Waals surface area contributed by atoms with Crippen molar-refractivity contribution in [3.63, 3.8) is 0 Å². The number of pyridine rings is 1. The fourth-order valence-corrected chi connectivity index (χ4v) is 3.31. The van der Waals surface area contributed by atoms with E-state index < -0.39 is 0 Å². The highest BCUT2D eigenvalue weighted by molar-refractivity contribution is 9.10. The van der Waals surface area contributed by atoms with Crippen LogP contribution in [0.1, 0.15) is 24.8 Å². The Hall–Kier alpha value is -0.870. The quantitative estimate of drug-likeness (QED) is 0.853. The standard InChI is InChI=1S/C14H17BrN2O/c1-18-13-7-11(8-17-14(13)15)10-3-2-9-4-5-16-12(9)6-10/h6-9,12,16H,2-5H2,1H3.